The lowest BCUT2D eigenvalue weighted by molar-refractivity contribution is 0.108. The monoisotopic (exact) mass is 187 g/mol. The standard InChI is InChI=1S/C11H25NO/c1-5-10(6-2)8(3)7-11(13)9(4)12/h8-11,13H,5-7,12H2,1-4H3. The molecule has 0 aliphatic carbocycles. The van der Waals surface area contributed by atoms with E-state index in [0.29, 0.717) is 5.92 Å². The highest BCUT2D eigenvalue weighted by Gasteiger charge is 2.19. The predicted molar refractivity (Wildman–Crippen MR) is 57.5 cm³/mol. The van der Waals surface area contributed by atoms with E-state index in [-0.39, 0.29) is 12.1 Å². The van der Waals surface area contributed by atoms with Crippen LogP contribution in [0.25, 0.3) is 0 Å². The molecule has 0 amide bonds. The predicted octanol–water partition coefficient (Wildman–Crippen LogP) is 2.16. The first-order valence-corrected chi connectivity index (χ1v) is 5.46. The summed E-state index contributed by atoms with van der Waals surface area (Å²) in [5.41, 5.74) is 5.62. The largest absolute Gasteiger partial charge is 0.392 e. The molecular weight excluding hydrogens is 162 g/mol. The van der Waals surface area contributed by atoms with Crippen LogP contribution in [0.1, 0.15) is 47.0 Å². The van der Waals surface area contributed by atoms with Gasteiger partial charge in [0.05, 0.1) is 6.10 Å². The third-order valence-corrected chi connectivity index (χ3v) is 3.07. The van der Waals surface area contributed by atoms with Crippen molar-refractivity contribution in [3.05, 3.63) is 0 Å². The van der Waals surface area contributed by atoms with E-state index in [9.17, 15) is 5.11 Å². The quantitative estimate of drug-likeness (QED) is 0.669. The number of hydrogen-bond donors (Lipinski definition) is 2. The molecule has 0 saturated heterocycles. The molecule has 0 aliphatic heterocycles. The van der Waals surface area contributed by atoms with Gasteiger partial charge in [-0.3, -0.25) is 0 Å². The summed E-state index contributed by atoms with van der Waals surface area (Å²) in [5.74, 6) is 1.31. The van der Waals surface area contributed by atoms with Crippen molar-refractivity contribution in [3.63, 3.8) is 0 Å². The first-order chi connectivity index (χ1) is 6.02. The van der Waals surface area contributed by atoms with E-state index in [1.807, 2.05) is 6.92 Å². The first kappa shape index (κ1) is 12.9. The normalized spacial score (nSPS) is 18.7. The molecule has 0 radical (unpaired) electrons. The Morgan fingerprint density at radius 1 is 1.15 bits per heavy atom. The lowest BCUT2D eigenvalue weighted by Gasteiger charge is -2.25. The van der Waals surface area contributed by atoms with Crippen LogP contribution in [0.4, 0.5) is 0 Å². The van der Waals surface area contributed by atoms with E-state index in [0.717, 1.165) is 12.3 Å². The first-order valence-electron chi connectivity index (χ1n) is 5.46. The summed E-state index contributed by atoms with van der Waals surface area (Å²) in [7, 11) is 0. The molecule has 0 aromatic rings. The average Bonchev–Trinajstić information content (AvgIpc) is 2.06. The van der Waals surface area contributed by atoms with Crippen molar-refractivity contribution in [2.24, 2.45) is 17.6 Å². The Balaban J connectivity index is 3.89. The molecule has 0 spiro atoms. The van der Waals surface area contributed by atoms with Gasteiger partial charge in [0.15, 0.2) is 0 Å². The summed E-state index contributed by atoms with van der Waals surface area (Å²) >= 11 is 0. The number of aliphatic hydroxyl groups excluding tert-OH is 1. The van der Waals surface area contributed by atoms with Crippen molar-refractivity contribution in [2.75, 3.05) is 0 Å². The number of nitrogens with two attached hydrogens (primary N) is 1. The fourth-order valence-corrected chi connectivity index (χ4v) is 1.88. The second-order valence-electron chi connectivity index (χ2n) is 4.22. The maximum absolute atomic E-state index is 9.61. The molecule has 0 aromatic carbocycles. The molecule has 3 atom stereocenters. The molecule has 2 heteroatoms. The van der Waals surface area contributed by atoms with E-state index < -0.39 is 0 Å². The molecular formula is C11H25NO. The van der Waals surface area contributed by atoms with Crippen molar-refractivity contribution < 1.29 is 5.11 Å². The van der Waals surface area contributed by atoms with Gasteiger partial charge in [0, 0.05) is 6.04 Å². The van der Waals surface area contributed by atoms with Gasteiger partial charge >= 0.3 is 0 Å². The van der Waals surface area contributed by atoms with Crippen LogP contribution in [0.15, 0.2) is 0 Å². The molecule has 0 heterocycles. The van der Waals surface area contributed by atoms with Gasteiger partial charge in [-0.25, -0.2) is 0 Å². The fraction of sp³-hybridized carbons (Fsp3) is 1.00. The van der Waals surface area contributed by atoms with Crippen LogP contribution in [-0.2, 0) is 0 Å². The van der Waals surface area contributed by atoms with Crippen molar-refractivity contribution in [2.45, 2.75) is 59.1 Å². The maximum Gasteiger partial charge on any atom is 0.0691 e. The molecule has 80 valence electrons. The van der Waals surface area contributed by atoms with Crippen molar-refractivity contribution in [1.82, 2.24) is 0 Å². The third-order valence-electron chi connectivity index (χ3n) is 3.07. The minimum atomic E-state index is -0.337. The van der Waals surface area contributed by atoms with E-state index in [1.165, 1.54) is 12.8 Å². The summed E-state index contributed by atoms with van der Waals surface area (Å²) in [6.07, 6.45) is 2.90. The minimum Gasteiger partial charge on any atom is -0.392 e. The van der Waals surface area contributed by atoms with Crippen molar-refractivity contribution in [1.29, 1.82) is 0 Å². The average molecular weight is 187 g/mol. The Morgan fingerprint density at radius 2 is 1.62 bits per heavy atom. The highest BCUT2D eigenvalue weighted by atomic mass is 16.3. The van der Waals surface area contributed by atoms with Gasteiger partial charge in [0.2, 0.25) is 0 Å². The van der Waals surface area contributed by atoms with Gasteiger partial charge in [-0.15, -0.1) is 0 Å². The van der Waals surface area contributed by atoms with Gasteiger partial charge in [-0.1, -0.05) is 33.6 Å². The molecule has 0 bridgehead atoms. The number of hydrogen-bond acceptors (Lipinski definition) is 2. The Bertz CT molecular complexity index is 121. The summed E-state index contributed by atoms with van der Waals surface area (Å²) in [6, 6.07) is -0.100. The van der Waals surface area contributed by atoms with Gasteiger partial charge < -0.3 is 10.8 Å². The van der Waals surface area contributed by atoms with Crippen LogP contribution >= 0.6 is 0 Å². The summed E-state index contributed by atoms with van der Waals surface area (Å²) < 4.78 is 0. The SMILES string of the molecule is CCC(CC)C(C)CC(O)C(C)N. The number of aliphatic hydroxyl groups is 1. The Morgan fingerprint density at radius 3 is 1.92 bits per heavy atom. The molecule has 0 fully saturated rings. The zero-order valence-electron chi connectivity index (χ0n) is 9.46. The number of rotatable bonds is 6. The van der Waals surface area contributed by atoms with Crippen LogP contribution in [0.2, 0.25) is 0 Å². The highest BCUT2D eigenvalue weighted by Crippen LogP contribution is 2.23. The van der Waals surface area contributed by atoms with Crippen LogP contribution < -0.4 is 5.73 Å². The molecule has 0 saturated carbocycles. The third kappa shape index (κ3) is 4.63. The summed E-state index contributed by atoms with van der Waals surface area (Å²) in [4.78, 5) is 0. The molecule has 13 heavy (non-hydrogen) atoms. The van der Waals surface area contributed by atoms with Crippen molar-refractivity contribution >= 4 is 0 Å². The summed E-state index contributed by atoms with van der Waals surface area (Å²) in [6.45, 7) is 8.50. The summed E-state index contributed by atoms with van der Waals surface area (Å²) in [5, 5.41) is 9.61. The van der Waals surface area contributed by atoms with Crippen LogP contribution in [0, 0.1) is 11.8 Å². The van der Waals surface area contributed by atoms with Gasteiger partial charge in [0.1, 0.15) is 0 Å². The minimum absolute atomic E-state index is 0.100. The molecule has 3 N–H and O–H groups in total. The smallest absolute Gasteiger partial charge is 0.0691 e. The lowest BCUT2D eigenvalue weighted by Crippen LogP contribution is -2.33. The van der Waals surface area contributed by atoms with Gasteiger partial charge in [-0.2, -0.15) is 0 Å². The van der Waals surface area contributed by atoms with Crippen molar-refractivity contribution in [3.8, 4) is 0 Å². The molecule has 0 rings (SSSR count). The Kier molecular flexibility index (Phi) is 6.35. The zero-order valence-corrected chi connectivity index (χ0v) is 9.46. The topological polar surface area (TPSA) is 46.2 Å². The van der Waals surface area contributed by atoms with E-state index in [2.05, 4.69) is 20.8 Å². The lowest BCUT2D eigenvalue weighted by atomic mass is 9.84. The Labute approximate surface area is 82.5 Å². The van der Waals surface area contributed by atoms with Gasteiger partial charge in [-0.05, 0) is 25.2 Å². The molecule has 3 unspecified atom stereocenters. The molecule has 0 aromatic heterocycles. The maximum atomic E-state index is 9.61. The van der Waals surface area contributed by atoms with Crippen LogP contribution in [0.3, 0.4) is 0 Å². The van der Waals surface area contributed by atoms with E-state index in [4.69, 9.17) is 5.73 Å². The van der Waals surface area contributed by atoms with Gasteiger partial charge in [0.25, 0.3) is 0 Å². The Hall–Kier alpha value is -0.0800. The zero-order chi connectivity index (χ0) is 10.4. The van der Waals surface area contributed by atoms with E-state index >= 15 is 0 Å². The van der Waals surface area contributed by atoms with E-state index in [1.54, 1.807) is 0 Å². The van der Waals surface area contributed by atoms with Crippen LogP contribution in [0.5, 0.6) is 0 Å². The second-order valence-corrected chi connectivity index (χ2v) is 4.22. The molecule has 2 nitrogen and oxygen atoms in total. The fourth-order valence-electron chi connectivity index (χ4n) is 1.88. The molecule has 0 aliphatic rings. The second kappa shape index (κ2) is 6.39. The highest BCUT2D eigenvalue weighted by molar-refractivity contribution is 4.73. The van der Waals surface area contributed by atoms with Crippen LogP contribution in [-0.4, -0.2) is 17.3 Å².